The summed E-state index contributed by atoms with van der Waals surface area (Å²) in [5.74, 6) is -0.403. The van der Waals surface area contributed by atoms with Gasteiger partial charge in [-0.2, -0.15) is 0 Å². The summed E-state index contributed by atoms with van der Waals surface area (Å²) in [5.41, 5.74) is 3.54. The molecule has 1 heterocycles. The Balaban J connectivity index is 1.70. The van der Waals surface area contributed by atoms with E-state index in [-0.39, 0.29) is 11.8 Å². The van der Waals surface area contributed by atoms with Gasteiger partial charge in [0.05, 0.1) is 0 Å². The van der Waals surface area contributed by atoms with Crippen molar-refractivity contribution in [2.45, 2.75) is 13.5 Å². The molecule has 5 heteroatoms. The molecule has 0 unspecified atom stereocenters. The van der Waals surface area contributed by atoms with E-state index in [1.54, 1.807) is 36.7 Å². The van der Waals surface area contributed by atoms with E-state index in [1.165, 1.54) is 0 Å². The fraction of sp³-hybridized carbons (Fsp3) is 0.0952. The minimum atomic E-state index is -0.206. The molecule has 5 nitrogen and oxygen atoms in total. The summed E-state index contributed by atoms with van der Waals surface area (Å²) >= 11 is 0. The Morgan fingerprint density at radius 2 is 1.62 bits per heavy atom. The Morgan fingerprint density at radius 1 is 0.885 bits per heavy atom. The second-order valence-corrected chi connectivity index (χ2v) is 5.89. The van der Waals surface area contributed by atoms with Crippen LogP contribution in [0.15, 0.2) is 73.1 Å². The molecule has 2 aromatic carbocycles. The highest BCUT2D eigenvalue weighted by molar-refractivity contribution is 6.05. The Labute approximate surface area is 152 Å². The van der Waals surface area contributed by atoms with Crippen molar-refractivity contribution in [3.05, 3.63) is 95.3 Å². The summed E-state index contributed by atoms with van der Waals surface area (Å²) in [6.07, 6.45) is 3.37. The standard InChI is InChI=1S/C21H19N3O2/c1-15-7-8-18(20(25)23-14-16-9-11-22-12-10-16)13-19(15)24-21(26)17-5-3-2-4-6-17/h2-13H,14H2,1H3,(H,23,25)(H,24,26). The molecule has 3 aromatic rings. The second-order valence-electron chi connectivity index (χ2n) is 5.89. The molecule has 0 spiro atoms. The molecule has 0 bridgehead atoms. The number of carbonyl (C=O) groups excluding carboxylic acids is 2. The highest BCUT2D eigenvalue weighted by Gasteiger charge is 2.11. The maximum Gasteiger partial charge on any atom is 0.255 e. The highest BCUT2D eigenvalue weighted by Crippen LogP contribution is 2.18. The maximum atomic E-state index is 12.4. The van der Waals surface area contributed by atoms with Gasteiger partial charge in [-0.05, 0) is 54.4 Å². The first-order chi connectivity index (χ1) is 12.6. The van der Waals surface area contributed by atoms with Gasteiger partial charge in [-0.3, -0.25) is 14.6 Å². The van der Waals surface area contributed by atoms with Gasteiger partial charge in [0.2, 0.25) is 0 Å². The van der Waals surface area contributed by atoms with Crippen LogP contribution >= 0.6 is 0 Å². The molecule has 0 saturated carbocycles. The summed E-state index contributed by atoms with van der Waals surface area (Å²) < 4.78 is 0. The van der Waals surface area contributed by atoms with Gasteiger partial charge in [0, 0.05) is 35.8 Å². The van der Waals surface area contributed by atoms with Crippen molar-refractivity contribution in [3.8, 4) is 0 Å². The predicted molar refractivity (Wildman–Crippen MR) is 101 cm³/mol. The quantitative estimate of drug-likeness (QED) is 0.742. The summed E-state index contributed by atoms with van der Waals surface area (Å²) in [6, 6.07) is 17.9. The minimum Gasteiger partial charge on any atom is -0.348 e. The number of carbonyl (C=O) groups is 2. The fourth-order valence-corrected chi connectivity index (χ4v) is 2.47. The van der Waals surface area contributed by atoms with E-state index < -0.39 is 0 Å². The van der Waals surface area contributed by atoms with Gasteiger partial charge >= 0.3 is 0 Å². The summed E-state index contributed by atoms with van der Waals surface area (Å²) in [4.78, 5) is 28.7. The maximum absolute atomic E-state index is 12.4. The van der Waals surface area contributed by atoms with Crippen LogP contribution in [0.5, 0.6) is 0 Å². The zero-order valence-corrected chi connectivity index (χ0v) is 14.4. The lowest BCUT2D eigenvalue weighted by molar-refractivity contribution is 0.0949. The summed E-state index contributed by atoms with van der Waals surface area (Å²) in [7, 11) is 0. The smallest absolute Gasteiger partial charge is 0.255 e. The van der Waals surface area contributed by atoms with Crippen LogP contribution in [0.3, 0.4) is 0 Å². The van der Waals surface area contributed by atoms with Gasteiger partial charge < -0.3 is 10.6 Å². The average molecular weight is 345 g/mol. The van der Waals surface area contributed by atoms with Gasteiger partial charge in [-0.1, -0.05) is 24.3 Å². The lowest BCUT2D eigenvalue weighted by atomic mass is 10.1. The number of aryl methyl sites for hydroxylation is 1. The molecule has 0 aliphatic heterocycles. The normalized spacial score (nSPS) is 10.2. The topological polar surface area (TPSA) is 71.1 Å². The van der Waals surface area contributed by atoms with Crippen molar-refractivity contribution in [2.24, 2.45) is 0 Å². The van der Waals surface area contributed by atoms with Crippen LogP contribution in [0.1, 0.15) is 31.8 Å². The molecular formula is C21H19N3O2. The minimum absolute atomic E-state index is 0.197. The van der Waals surface area contributed by atoms with E-state index in [4.69, 9.17) is 0 Å². The lowest BCUT2D eigenvalue weighted by Crippen LogP contribution is -2.23. The van der Waals surface area contributed by atoms with Crippen molar-refractivity contribution in [3.63, 3.8) is 0 Å². The van der Waals surface area contributed by atoms with Crippen molar-refractivity contribution in [2.75, 3.05) is 5.32 Å². The Bertz CT molecular complexity index is 909. The molecule has 2 amide bonds. The van der Waals surface area contributed by atoms with E-state index in [9.17, 15) is 9.59 Å². The van der Waals surface area contributed by atoms with E-state index in [2.05, 4.69) is 15.6 Å². The number of nitrogens with zero attached hydrogens (tertiary/aromatic N) is 1. The Hall–Kier alpha value is -3.47. The molecule has 0 fully saturated rings. The third-order valence-corrected chi connectivity index (χ3v) is 3.99. The van der Waals surface area contributed by atoms with Crippen molar-refractivity contribution in [1.29, 1.82) is 0 Å². The first kappa shape index (κ1) is 17.4. The van der Waals surface area contributed by atoms with Crippen LogP contribution in [0, 0.1) is 6.92 Å². The third kappa shape index (κ3) is 4.33. The molecule has 0 radical (unpaired) electrons. The monoisotopic (exact) mass is 345 g/mol. The number of aromatic nitrogens is 1. The van der Waals surface area contributed by atoms with Crippen molar-refractivity contribution < 1.29 is 9.59 Å². The fourth-order valence-electron chi connectivity index (χ4n) is 2.47. The van der Waals surface area contributed by atoms with Crippen LogP contribution in [0.4, 0.5) is 5.69 Å². The molecule has 2 N–H and O–H groups in total. The third-order valence-electron chi connectivity index (χ3n) is 3.99. The number of rotatable bonds is 5. The molecule has 0 aliphatic carbocycles. The molecule has 0 saturated heterocycles. The van der Waals surface area contributed by atoms with E-state index in [0.717, 1.165) is 11.1 Å². The summed E-state index contributed by atoms with van der Waals surface area (Å²) in [5, 5.41) is 5.74. The van der Waals surface area contributed by atoms with Crippen LogP contribution < -0.4 is 10.6 Å². The number of hydrogen-bond acceptors (Lipinski definition) is 3. The molecule has 26 heavy (non-hydrogen) atoms. The molecular weight excluding hydrogens is 326 g/mol. The number of pyridine rings is 1. The van der Waals surface area contributed by atoms with Crippen molar-refractivity contribution >= 4 is 17.5 Å². The largest absolute Gasteiger partial charge is 0.348 e. The van der Waals surface area contributed by atoms with E-state index in [1.807, 2.05) is 43.3 Å². The SMILES string of the molecule is Cc1ccc(C(=O)NCc2ccncc2)cc1NC(=O)c1ccccc1. The molecule has 0 aliphatic rings. The first-order valence-corrected chi connectivity index (χ1v) is 8.27. The average Bonchev–Trinajstić information content (AvgIpc) is 2.69. The number of amides is 2. The van der Waals surface area contributed by atoms with Gasteiger partial charge in [-0.25, -0.2) is 0 Å². The zero-order chi connectivity index (χ0) is 18.4. The predicted octanol–water partition coefficient (Wildman–Crippen LogP) is 3.57. The second kappa shape index (κ2) is 8.07. The molecule has 0 atom stereocenters. The van der Waals surface area contributed by atoms with Crippen LogP contribution in [0.25, 0.3) is 0 Å². The first-order valence-electron chi connectivity index (χ1n) is 8.27. The lowest BCUT2D eigenvalue weighted by Gasteiger charge is -2.11. The van der Waals surface area contributed by atoms with E-state index in [0.29, 0.717) is 23.4 Å². The zero-order valence-electron chi connectivity index (χ0n) is 14.4. The highest BCUT2D eigenvalue weighted by atomic mass is 16.2. The van der Waals surface area contributed by atoms with Gasteiger partial charge in [0.15, 0.2) is 0 Å². The molecule has 3 rings (SSSR count). The number of anilines is 1. The van der Waals surface area contributed by atoms with Crippen LogP contribution in [0.2, 0.25) is 0 Å². The number of hydrogen-bond donors (Lipinski definition) is 2. The molecule has 130 valence electrons. The van der Waals surface area contributed by atoms with Crippen molar-refractivity contribution in [1.82, 2.24) is 10.3 Å². The van der Waals surface area contributed by atoms with Gasteiger partial charge in [0.1, 0.15) is 0 Å². The number of benzene rings is 2. The summed E-state index contributed by atoms with van der Waals surface area (Å²) in [6.45, 7) is 2.31. The Morgan fingerprint density at radius 3 is 2.35 bits per heavy atom. The number of nitrogens with one attached hydrogen (secondary N) is 2. The van der Waals surface area contributed by atoms with Gasteiger partial charge in [-0.15, -0.1) is 0 Å². The Kier molecular flexibility index (Phi) is 5.39. The van der Waals surface area contributed by atoms with Crippen LogP contribution in [-0.4, -0.2) is 16.8 Å². The van der Waals surface area contributed by atoms with Crippen LogP contribution in [-0.2, 0) is 6.54 Å². The molecule has 1 aromatic heterocycles. The van der Waals surface area contributed by atoms with E-state index >= 15 is 0 Å². The van der Waals surface area contributed by atoms with Gasteiger partial charge in [0.25, 0.3) is 11.8 Å².